The highest BCUT2D eigenvalue weighted by molar-refractivity contribution is 6.52. The van der Waals surface area contributed by atoms with E-state index in [1.54, 1.807) is 0 Å². The second kappa shape index (κ2) is 4.82. The standard InChI is InChI=1S/C19H16BN/c1-20-14-11-12-19-17(13-14)16-9-5-6-10-18(16)21(19)15-7-3-2-4-8-15/h2-13,20H,1H3. The Balaban J connectivity index is 2.17. The van der Waals surface area contributed by atoms with Gasteiger partial charge in [0.15, 0.2) is 7.28 Å². The fourth-order valence-corrected chi connectivity index (χ4v) is 3.10. The molecule has 0 aliphatic rings. The number of hydrogen-bond donors (Lipinski definition) is 0. The molecule has 0 spiro atoms. The summed E-state index contributed by atoms with van der Waals surface area (Å²) in [5, 5.41) is 2.67. The first-order valence-corrected chi connectivity index (χ1v) is 7.46. The predicted molar refractivity (Wildman–Crippen MR) is 93.4 cm³/mol. The minimum atomic E-state index is 1.07. The molecular formula is C19H16BN. The average Bonchev–Trinajstić information content (AvgIpc) is 2.89. The number of nitrogens with zero attached hydrogens (tertiary/aromatic N) is 1. The van der Waals surface area contributed by atoms with Crippen LogP contribution in [0.3, 0.4) is 0 Å². The lowest BCUT2D eigenvalue weighted by molar-refractivity contribution is 1.18. The summed E-state index contributed by atoms with van der Waals surface area (Å²) in [6.07, 6.45) is 0. The van der Waals surface area contributed by atoms with Gasteiger partial charge in [-0.2, -0.15) is 0 Å². The van der Waals surface area contributed by atoms with Crippen LogP contribution in [0.2, 0.25) is 6.82 Å². The summed E-state index contributed by atoms with van der Waals surface area (Å²) >= 11 is 0. The van der Waals surface area contributed by atoms with E-state index in [1.165, 1.54) is 33.0 Å². The van der Waals surface area contributed by atoms with Gasteiger partial charge in [0.25, 0.3) is 0 Å². The largest absolute Gasteiger partial charge is 0.309 e. The van der Waals surface area contributed by atoms with Crippen LogP contribution in [0.1, 0.15) is 0 Å². The van der Waals surface area contributed by atoms with Crippen molar-refractivity contribution in [2.24, 2.45) is 0 Å². The van der Waals surface area contributed by atoms with Gasteiger partial charge in [0.2, 0.25) is 0 Å². The first-order valence-electron chi connectivity index (χ1n) is 7.46. The van der Waals surface area contributed by atoms with E-state index in [0.717, 1.165) is 7.28 Å². The van der Waals surface area contributed by atoms with E-state index in [-0.39, 0.29) is 0 Å². The molecule has 0 unspecified atom stereocenters. The van der Waals surface area contributed by atoms with E-state index in [2.05, 4.69) is 84.2 Å². The molecule has 0 saturated carbocycles. The van der Waals surface area contributed by atoms with Crippen molar-refractivity contribution in [1.82, 2.24) is 4.57 Å². The van der Waals surface area contributed by atoms with Gasteiger partial charge in [-0.1, -0.05) is 60.8 Å². The van der Waals surface area contributed by atoms with E-state index in [1.807, 2.05) is 0 Å². The van der Waals surface area contributed by atoms with E-state index in [9.17, 15) is 0 Å². The second-order valence-corrected chi connectivity index (χ2v) is 5.39. The normalized spacial score (nSPS) is 11.1. The zero-order chi connectivity index (χ0) is 14.2. The number of rotatable bonds is 2. The van der Waals surface area contributed by atoms with Crippen molar-refractivity contribution in [2.75, 3.05) is 0 Å². The summed E-state index contributed by atoms with van der Waals surface area (Å²) in [7, 11) is 1.07. The minimum Gasteiger partial charge on any atom is -0.309 e. The maximum atomic E-state index is 2.35. The molecule has 0 N–H and O–H groups in total. The minimum absolute atomic E-state index is 1.07. The van der Waals surface area contributed by atoms with Gasteiger partial charge in [0.05, 0.1) is 11.0 Å². The van der Waals surface area contributed by atoms with Crippen molar-refractivity contribution in [1.29, 1.82) is 0 Å². The van der Waals surface area contributed by atoms with Gasteiger partial charge in [-0.25, -0.2) is 0 Å². The molecular weight excluding hydrogens is 253 g/mol. The molecule has 1 heterocycles. The second-order valence-electron chi connectivity index (χ2n) is 5.39. The first kappa shape index (κ1) is 12.3. The molecule has 100 valence electrons. The summed E-state index contributed by atoms with van der Waals surface area (Å²) in [5.74, 6) is 0. The molecule has 0 aliphatic carbocycles. The molecule has 0 radical (unpaired) electrons. The molecule has 0 fully saturated rings. The molecule has 1 nitrogen and oxygen atoms in total. The van der Waals surface area contributed by atoms with Gasteiger partial charge in [0.1, 0.15) is 0 Å². The monoisotopic (exact) mass is 269 g/mol. The fourth-order valence-electron chi connectivity index (χ4n) is 3.10. The third-order valence-electron chi connectivity index (χ3n) is 4.16. The van der Waals surface area contributed by atoms with Gasteiger partial charge in [-0.05, 0) is 24.3 Å². The molecule has 0 atom stereocenters. The Bertz CT molecular complexity index is 922. The Hall–Kier alpha value is -2.48. The highest BCUT2D eigenvalue weighted by Gasteiger charge is 2.11. The Kier molecular flexibility index (Phi) is 2.82. The molecule has 1 aromatic heterocycles. The Morgan fingerprint density at radius 1 is 0.714 bits per heavy atom. The lowest BCUT2D eigenvalue weighted by Crippen LogP contribution is -2.09. The quantitative estimate of drug-likeness (QED) is 0.486. The highest BCUT2D eigenvalue weighted by Crippen LogP contribution is 2.31. The summed E-state index contributed by atoms with van der Waals surface area (Å²) in [6, 6.07) is 26.1. The SMILES string of the molecule is CBc1ccc2c(c1)c1ccccc1n2-c1ccccc1. The highest BCUT2D eigenvalue weighted by atomic mass is 15.0. The first-order chi connectivity index (χ1) is 10.4. The van der Waals surface area contributed by atoms with Crippen LogP contribution in [-0.2, 0) is 0 Å². The summed E-state index contributed by atoms with van der Waals surface area (Å²) in [5.41, 5.74) is 5.15. The van der Waals surface area contributed by atoms with Crippen LogP contribution in [0, 0.1) is 0 Å². The van der Waals surface area contributed by atoms with Crippen LogP contribution in [0.4, 0.5) is 0 Å². The molecule has 0 bridgehead atoms. The molecule has 0 amide bonds. The summed E-state index contributed by atoms with van der Waals surface area (Å²) in [4.78, 5) is 0. The third kappa shape index (κ3) is 1.87. The maximum absolute atomic E-state index is 2.35. The third-order valence-corrected chi connectivity index (χ3v) is 4.16. The molecule has 4 aromatic rings. The van der Waals surface area contributed by atoms with E-state index >= 15 is 0 Å². The molecule has 0 aliphatic heterocycles. The van der Waals surface area contributed by atoms with Gasteiger partial charge in [-0.3, -0.25) is 0 Å². The smallest absolute Gasteiger partial charge is 0.154 e. The van der Waals surface area contributed by atoms with Crippen LogP contribution in [0.25, 0.3) is 27.5 Å². The predicted octanol–water partition coefficient (Wildman–Crippen LogP) is 3.89. The Labute approximate surface area is 125 Å². The summed E-state index contributed by atoms with van der Waals surface area (Å²) in [6.45, 7) is 2.21. The Morgan fingerprint density at radius 3 is 2.24 bits per heavy atom. The van der Waals surface area contributed by atoms with Gasteiger partial charge < -0.3 is 4.57 Å². The van der Waals surface area contributed by atoms with Crippen LogP contribution in [-0.4, -0.2) is 11.8 Å². The zero-order valence-corrected chi connectivity index (χ0v) is 12.1. The van der Waals surface area contributed by atoms with Crippen molar-refractivity contribution in [3.63, 3.8) is 0 Å². The van der Waals surface area contributed by atoms with Crippen molar-refractivity contribution in [3.8, 4) is 5.69 Å². The van der Waals surface area contributed by atoms with E-state index in [4.69, 9.17) is 0 Å². The number of aromatic nitrogens is 1. The molecule has 21 heavy (non-hydrogen) atoms. The number of hydrogen-bond acceptors (Lipinski definition) is 0. The van der Waals surface area contributed by atoms with Crippen LogP contribution >= 0.6 is 0 Å². The molecule has 3 aromatic carbocycles. The molecule has 4 rings (SSSR count). The number of benzene rings is 3. The van der Waals surface area contributed by atoms with Crippen molar-refractivity contribution < 1.29 is 0 Å². The maximum Gasteiger partial charge on any atom is 0.154 e. The van der Waals surface area contributed by atoms with E-state index in [0.29, 0.717) is 0 Å². The Morgan fingerprint density at radius 2 is 1.43 bits per heavy atom. The zero-order valence-electron chi connectivity index (χ0n) is 12.1. The van der Waals surface area contributed by atoms with Crippen molar-refractivity contribution >= 4 is 34.5 Å². The van der Waals surface area contributed by atoms with Crippen LogP contribution in [0.15, 0.2) is 72.8 Å². The summed E-state index contributed by atoms with van der Waals surface area (Å²) < 4.78 is 2.35. The van der Waals surface area contributed by atoms with Gasteiger partial charge >= 0.3 is 0 Å². The van der Waals surface area contributed by atoms with Crippen LogP contribution < -0.4 is 5.46 Å². The van der Waals surface area contributed by atoms with E-state index < -0.39 is 0 Å². The number of fused-ring (bicyclic) bond motifs is 3. The van der Waals surface area contributed by atoms with Gasteiger partial charge in [0, 0.05) is 16.5 Å². The van der Waals surface area contributed by atoms with Gasteiger partial charge in [-0.15, -0.1) is 0 Å². The van der Waals surface area contributed by atoms with Crippen molar-refractivity contribution in [3.05, 3.63) is 72.8 Å². The number of para-hydroxylation sites is 2. The fraction of sp³-hybridized carbons (Fsp3) is 0.0526. The van der Waals surface area contributed by atoms with Crippen molar-refractivity contribution in [2.45, 2.75) is 6.82 Å². The topological polar surface area (TPSA) is 4.93 Å². The molecule has 2 heteroatoms. The van der Waals surface area contributed by atoms with Crippen LogP contribution in [0.5, 0.6) is 0 Å². The molecule has 0 saturated heterocycles. The average molecular weight is 269 g/mol. The lowest BCUT2D eigenvalue weighted by atomic mass is 9.73. The lowest BCUT2D eigenvalue weighted by Gasteiger charge is -2.07.